The first-order valence-corrected chi connectivity index (χ1v) is 5.92. The molecule has 1 heterocycles. The lowest BCUT2D eigenvalue weighted by atomic mass is 9.88. The summed E-state index contributed by atoms with van der Waals surface area (Å²) >= 11 is 0. The smallest absolute Gasteiger partial charge is 0.133 e. The van der Waals surface area contributed by atoms with Gasteiger partial charge in [-0.05, 0) is 49.6 Å². The lowest BCUT2D eigenvalue weighted by Gasteiger charge is -2.24. The summed E-state index contributed by atoms with van der Waals surface area (Å²) in [7, 11) is 0. The van der Waals surface area contributed by atoms with Gasteiger partial charge in [0.2, 0.25) is 0 Å². The van der Waals surface area contributed by atoms with Crippen LogP contribution >= 0.6 is 0 Å². The molecule has 90 valence electrons. The predicted molar refractivity (Wildman–Crippen MR) is 68.7 cm³/mol. The van der Waals surface area contributed by atoms with E-state index in [1.807, 2.05) is 45.0 Å². The van der Waals surface area contributed by atoms with E-state index in [-0.39, 0.29) is 0 Å². The van der Waals surface area contributed by atoms with Crippen LogP contribution in [0.5, 0.6) is 0 Å². The van der Waals surface area contributed by atoms with Gasteiger partial charge in [-0.1, -0.05) is 19.1 Å². The van der Waals surface area contributed by atoms with Crippen molar-refractivity contribution in [3.8, 4) is 11.3 Å². The van der Waals surface area contributed by atoms with Crippen LogP contribution in [0.1, 0.15) is 31.4 Å². The van der Waals surface area contributed by atoms with Crippen LogP contribution in [0, 0.1) is 6.92 Å². The third-order valence-corrected chi connectivity index (χ3v) is 3.30. The van der Waals surface area contributed by atoms with Crippen LogP contribution in [0.25, 0.3) is 11.3 Å². The summed E-state index contributed by atoms with van der Waals surface area (Å²) in [5, 5.41) is 10.3. The van der Waals surface area contributed by atoms with Gasteiger partial charge in [0.15, 0.2) is 0 Å². The predicted octanol–water partition coefficient (Wildman–Crippen LogP) is 3.87. The fraction of sp³-hybridized carbons (Fsp3) is 0.333. The van der Waals surface area contributed by atoms with E-state index in [4.69, 9.17) is 4.42 Å². The first-order chi connectivity index (χ1) is 8.04. The van der Waals surface area contributed by atoms with Crippen molar-refractivity contribution in [2.75, 3.05) is 0 Å². The van der Waals surface area contributed by atoms with Crippen LogP contribution in [0.2, 0.25) is 0 Å². The number of benzene rings is 1. The van der Waals surface area contributed by atoms with Gasteiger partial charge in [0, 0.05) is 5.56 Å². The minimum Gasteiger partial charge on any atom is -0.464 e. The molecular formula is C15H18O2. The number of aliphatic hydroxyl groups is 1. The lowest BCUT2D eigenvalue weighted by Crippen LogP contribution is -2.20. The molecule has 1 atom stereocenters. The van der Waals surface area contributed by atoms with E-state index < -0.39 is 5.60 Å². The minimum absolute atomic E-state index is 0.702. The molecule has 2 nitrogen and oxygen atoms in total. The molecule has 0 saturated heterocycles. The Balaban J connectivity index is 2.42. The number of furan rings is 1. The highest BCUT2D eigenvalue weighted by molar-refractivity contribution is 5.59. The zero-order chi connectivity index (χ0) is 12.5. The van der Waals surface area contributed by atoms with Crippen LogP contribution in [-0.2, 0) is 5.60 Å². The summed E-state index contributed by atoms with van der Waals surface area (Å²) in [6.07, 6.45) is 2.37. The fourth-order valence-electron chi connectivity index (χ4n) is 2.05. The van der Waals surface area contributed by atoms with E-state index in [2.05, 4.69) is 6.07 Å². The van der Waals surface area contributed by atoms with Crippen LogP contribution < -0.4 is 0 Å². The summed E-state index contributed by atoms with van der Waals surface area (Å²) in [4.78, 5) is 0. The van der Waals surface area contributed by atoms with Crippen molar-refractivity contribution in [2.45, 2.75) is 32.8 Å². The molecule has 2 heteroatoms. The Labute approximate surface area is 102 Å². The molecule has 0 aliphatic rings. The van der Waals surface area contributed by atoms with E-state index >= 15 is 0 Å². The minimum atomic E-state index is -0.758. The molecule has 2 aromatic rings. The number of aryl methyl sites for hydroxylation is 1. The Hall–Kier alpha value is -1.54. The second-order valence-corrected chi connectivity index (χ2v) is 4.63. The Morgan fingerprint density at radius 1 is 1.29 bits per heavy atom. The first kappa shape index (κ1) is 11.9. The van der Waals surface area contributed by atoms with Gasteiger partial charge >= 0.3 is 0 Å². The van der Waals surface area contributed by atoms with Crippen LogP contribution in [0.4, 0.5) is 0 Å². The molecule has 0 aliphatic heterocycles. The maximum atomic E-state index is 10.3. The van der Waals surface area contributed by atoms with Crippen LogP contribution in [0.3, 0.4) is 0 Å². The molecule has 17 heavy (non-hydrogen) atoms. The Bertz CT molecular complexity index is 496. The third kappa shape index (κ3) is 2.27. The molecule has 0 saturated carbocycles. The maximum absolute atomic E-state index is 10.3. The Morgan fingerprint density at radius 3 is 2.59 bits per heavy atom. The zero-order valence-corrected chi connectivity index (χ0v) is 10.5. The van der Waals surface area contributed by atoms with Gasteiger partial charge in [-0.25, -0.2) is 0 Å². The Kier molecular flexibility index (Phi) is 3.07. The summed E-state index contributed by atoms with van der Waals surface area (Å²) in [6.45, 7) is 5.85. The van der Waals surface area contributed by atoms with E-state index in [0.717, 1.165) is 22.5 Å². The summed E-state index contributed by atoms with van der Waals surface area (Å²) < 4.78 is 5.36. The molecule has 2 rings (SSSR count). The number of hydrogen-bond acceptors (Lipinski definition) is 2. The zero-order valence-electron chi connectivity index (χ0n) is 10.5. The maximum Gasteiger partial charge on any atom is 0.133 e. The van der Waals surface area contributed by atoms with Gasteiger partial charge in [-0.15, -0.1) is 0 Å². The van der Waals surface area contributed by atoms with Crippen molar-refractivity contribution in [3.63, 3.8) is 0 Å². The van der Waals surface area contributed by atoms with Crippen LogP contribution in [0.15, 0.2) is 41.0 Å². The molecular weight excluding hydrogens is 212 g/mol. The van der Waals surface area contributed by atoms with Gasteiger partial charge < -0.3 is 9.52 Å². The second kappa shape index (κ2) is 4.38. The molecule has 0 radical (unpaired) electrons. The molecule has 1 aromatic carbocycles. The fourth-order valence-corrected chi connectivity index (χ4v) is 2.05. The van der Waals surface area contributed by atoms with E-state index in [1.54, 1.807) is 6.26 Å². The van der Waals surface area contributed by atoms with E-state index in [9.17, 15) is 5.11 Å². The van der Waals surface area contributed by atoms with Gasteiger partial charge in [0.25, 0.3) is 0 Å². The van der Waals surface area contributed by atoms with Crippen molar-refractivity contribution in [3.05, 3.63) is 47.7 Å². The second-order valence-electron chi connectivity index (χ2n) is 4.63. The van der Waals surface area contributed by atoms with Gasteiger partial charge in [-0.2, -0.15) is 0 Å². The topological polar surface area (TPSA) is 33.4 Å². The summed E-state index contributed by atoms with van der Waals surface area (Å²) in [5.41, 5.74) is 2.36. The number of rotatable bonds is 3. The van der Waals surface area contributed by atoms with Crippen molar-refractivity contribution < 1.29 is 9.52 Å². The molecule has 1 N–H and O–H groups in total. The number of hydrogen-bond donors (Lipinski definition) is 1. The monoisotopic (exact) mass is 230 g/mol. The quantitative estimate of drug-likeness (QED) is 0.868. The highest BCUT2D eigenvalue weighted by Gasteiger charge is 2.22. The molecule has 1 aromatic heterocycles. The largest absolute Gasteiger partial charge is 0.464 e. The molecule has 0 spiro atoms. The Morgan fingerprint density at radius 2 is 2.06 bits per heavy atom. The standard InChI is InChI=1S/C15H18O2/c1-4-15(3,16)13-8-7-12(10-11(13)2)14-6-5-9-17-14/h5-10,16H,4H2,1-3H3. The van der Waals surface area contributed by atoms with Crippen molar-refractivity contribution in [1.82, 2.24) is 0 Å². The van der Waals surface area contributed by atoms with Crippen molar-refractivity contribution in [2.24, 2.45) is 0 Å². The molecule has 1 unspecified atom stereocenters. The van der Waals surface area contributed by atoms with Crippen molar-refractivity contribution in [1.29, 1.82) is 0 Å². The summed E-state index contributed by atoms with van der Waals surface area (Å²) in [5.74, 6) is 0.857. The van der Waals surface area contributed by atoms with Crippen LogP contribution in [-0.4, -0.2) is 5.11 Å². The van der Waals surface area contributed by atoms with E-state index in [0.29, 0.717) is 6.42 Å². The van der Waals surface area contributed by atoms with E-state index in [1.165, 1.54) is 0 Å². The van der Waals surface area contributed by atoms with Crippen molar-refractivity contribution >= 4 is 0 Å². The third-order valence-electron chi connectivity index (χ3n) is 3.30. The molecule has 0 aliphatic carbocycles. The first-order valence-electron chi connectivity index (χ1n) is 5.92. The SMILES string of the molecule is CCC(C)(O)c1ccc(-c2ccco2)cc1C. The highest BCUT2D eigenvalue weighted by Crippen LogP contribution is 2.30. The molecule has 0 fully saturated rings. The lowest BCUT2D eigenvalue weighted by molar-refractivity contribution is 0.0524. The molecule has 0 bridgehead atoms. The normalized spacial score (nSPS) is 14.6. The van der Waals surface area contributed by atoms with Gasteiger partial charge in [0.1, 0.15) is 5.76 Å². The average molecular weight is 230 g/mol. The average Bonchev–Trinajstić information content (AvgIpc) is 2.82. The highest BCUT2D eigenvalue weighted by atomic mass is 16.3. The van der Waals surface area contributed by atoms with Gasteiger partial charge in [0.05, 0.1) is 11.9 Å². The molecule has 0 amide bonds. The van der Waals surface area contributed by atoms with Gasteiger partial charge in [-0.3, -0.25) is 0 Å². The summed E-state index contributed by atoms with van der Waals surface area (Å²) in [6, 6.07) is 9.84.